The first-order chi connectivity index (χ1) is 11.5. The van der Waals surface area contributed by atoms with Crippen LogP contribution in [-0.4, -0.2) is 17.8 Å². The molecule has 0 saturated heterocycles. The Morgan fingerprint density at radius 2 is 1.62 bits per heavy atom. The highest BCUT2D eigenvalue weighted by atomic mass is 16.4. The van der Waals surface area contributed by atoms with Crippen molar-refractivity contribution in [3.63, 3.8) is 0 Å². The van der Waals surface area contributed by atoms with Gasteiger partial charge in [-0.2, -0.15) is 0 Å². The van der Waals surface area contributed by atoms with E-state index >= 15 is 0 Å². The molecule has 0 aliphatic rings. The first-order valence-corrected chi connectivity index (χ1v) is 7.31. The predicted molar refractivity (Wildman–Crippen MR) is 82.8 cm³/mol. The molecule has 0 bridgehead atoms. The van der Waals surface area contributed by atoms with E-state index in [1.165, 1.54) is 18.2 Å². The second-order valence-corrected chi connectivity index (χ2v) is 5.30. The quantitative estimate of drug-likeness (QED) is 0.787. The van der Waals surface area contributed by atoms with Crippen molar-refractivity contribution in [2.75, 3.05) is 5.32 Å². The number of rotatable bonds is 7. The van der Waals surface area contributed by atoms with Gasteiger partial charge >= 0.3 is 0 Å². The van der Waals surface area contributed by atoms with Crippen molar-refractivity contribution in [3.05, 3.63) is 65.7 Å². The lowest BCUT2D eigenvalue weighted by Gasteiger charge is -2.18. The average molecular weight is 325 g/mol. The molecule has 6 nitrogen and oxygen atoms in total. The highest BCUT2D eigenvalue weighted by Crippen LogP contribution is 2.24. The van der Waals surface area contributed by atoms with Crippen LogP contribution in [-0.2, 0) is 9.59 Å². The normalized spacial score (nSPS) is 11.5. The fourth-order valence-electron chi connectivity index (χ4n) is 2.39. The fraction of sp³-hybridized carbons (Fsp3) is 0.167. The van der Waals surface area contributed by atoms with Gasteiger partial charge in [-0.25, -0.2) is 0 Å². The van der Waals surface area contributed by atoms with Crippen molar-refractivity contribution in [1.82, 2.24) is 0 Å². The lowest BCUT2D eigenvalue weighted by Crippen LogP contribution is -2.26. The van der Waals surface area contributed by atoms with Crippen LogP contribution >= 0.6 is 0 Å². The molecule has 1 N–H and O–H groups in total. The minimum atomic E-state index is -1.34. The standard InChI is InChI=1S/C18H17NO5/c20-16(19-15-8-4-7-13(9-15)18(23)24)10-14(11-17(21)22)12-5-2-1-3-6-12/h1-9,14H,10-11H2,(H,19,20)(H,21,22)(H,23,24)/p-2. The molecule has 1 unspecified atom stereocenters. The van der Waals surface area contributed by atoms with E-state index < -0.39 is 23.8 Å². The molecule has 2 aromatic carbocycles. The van der Waals surface area contributed by atoms with E-state index in [4.69, 9.17) is 0 Å². The third kappa shape index (κ3) is 4.95. The van der Waals surface area contributed by atoms with Gasteiger partial charge in [-0.3, -0.25) is 4.79 Å². The van der Waals surface area contributed by atoms with Crippen molar-refractivity contribution in [1.29, 1.82) is 0 Å². The third-order valence-corrected chi connectivity index (χ3v) is 3.50. The maximum absolute atomic E-state index is 12.2. The zero-order valence-electron chi connectivity index (χ0n) is 12.7. The minimum Gasteiger partial charge on any atom is -0.550 e. The predicted octanol–water partition coefficient (Wildman–Crippen LogP) is 0.302. The molecule has 0 heterocycles. The summed E-state index contributed by atoms with van der Waals surface area (Å²) in [6.07, 6.45) is -0.343. The van der Waals surface area contributed by atoms with Gasteiger partial charge < -0.3 is 25.1 Å². The molecule has 0 aromatic heterocycles. The summed E-state index contributed by atoms with van der Waals surface area (Å²) in [5, 5.41) is 24.3. The molecule has 0 aliphatic carbocycles. The van der Waals surface area contributed by atoms with E-state index in [-0.39, 0.29) is 18.4 Å². The summed E-state index contributed by atoms with van der Waals surface area (Å²) < 4.78 is 0. The molecule has 124 valence electrons. The van der Waals surface area contributed by atoms with Crippen LogP contribution in [0.2, 0.25) is 0 Å². The Balaban J connectivity index is 2.09. The lowest BCUT2D eigenvalue weighted by atomic mass is 9.92. The SMILES string of the molecule is O=C([O-])CC(CC(=O)Nc1cccc(C(=O)[O-])c1)c1ccccc1. The van der Waals surface area contributed by atoms with Crippen LogP contribution in [0.4, 0.5) is 5.69 Å². The number of carbonyl (C=O) groups excluding carboxylic acids is 3. The number of hydrogen-bond donors (Lipinski definition) is 1. The zero-order valence-corrected chi connectivity index (χ0v) is 12.7. The van der Waals surface area contributed by atoms with Gasteiger partial charge in [0, 0.05) is 18.1 Å². The molecule has 2 aromatic rings. The highest BCUT2D eigenvalue weighted by molar-refractivity contribution is 5.93. The molecule has 2 rings (SSSR count). The number of aromatic carboxylic acids is 1. The number of aliphatic carboxylic acids is 1. The molecule has 0 aliphatic heterocycles. The minimum absolute atomic E-state index is 0.0536. The average Bonchev–Trinajstić information content (AvgIpc) is 2.55. The zero-order chi connectivity index (χ0) is 17.5. The van der Waals surface area contributed by atoms with Crippen molar-refractivity contribution in [2.45, 2.75) is 18.8 Å². The van der Waals surface area contributed by atoms with Gasteiger partial charge in [-0.05, 0) is 35.6 Å². The van der Waals surface area contributed by atoms with E-state index in [2.05, 4.69) is 5.32 Å². The monoisotopic (exact) mass is 325 g/mol. The number of carbonyl (C=O) groups is 3. The van der Waals surface area contributed by atoms with Gasteiger partial charge in [0.2, 0.25) is 5.91 Å². The molecule has 0 saturated carbocycles. The number of nitrogens with one attached hydrogen (secondary N) is 1. The number of benzene rings is 2. The second kappa shape index (κ2) is 7.92. The van der Waals surface area contributed by atoms with Gasteiger partial charge in [-0.15, -0.1) is 0 Å². The van der Waals surface area contributed by atoms with Crippen LogP contribution in [0.5, 0.6) is 0 Å². The molecule has 0 radical (unpaired) electrons. The Labute approximate surface area is 138 Å². The number of carboxylic acids is 2. The Hall–Kier alpha value is -3.15. The Kier molecular flexibility index (Phi) is 5.68. The number of amides is 1. The molecule has 1 amide bonds. The van der Waals surface area contributed by atoms with E-state index in [0.717, 1.165) is 5.56 Å². The molecule has 0 fully saturated rings. The first-order valence-electron chi connectivity index (χ1n) is 7.31. The summed E-state index contributed by atoms with van der Waals surface area (Å²) in [7, 11) is 0. The van der Waals surface area contributed by atoms with Crippen molar-refractivity contribution >= 4 is 23.5 Å². The van der Waals surface area contributed by atoms with Crippen LogP contribution < -0.4 is 15.5 Å². The molecular weight excluding hydrogens is 310 g/mol. The number of carboxylic acid groups (broad SMARTS) is 2. The molecule has 24 heavy (non-hydrogen) atoms. The van der Waals surface area contributed by atoms with Crippen LogP contribution in [0, 0.1) is 0 Å². The summed E-state index contributed by atoms with van der Waals surface area (Å²) in [4.78, 5) is 33.9. The van der Waals surface area contributed by atoms with Gasteiger partial charge in [0.1, 0.15) is 0 Å². The lowest BCUT2D eigenvalue weighted by molar-refractivity contribution is -0.306. The Bertz CT molecular complexity index is 742. The topological polar surface area (TPSA) is 109 Å². The molecule has 0 spiro atoms. The van der Waals surface area contributed by atoms with Gasteiger partial charge in [0.25, 0.3) is 0 Å². The van der Waals surface area contributed by atoms with Crippen molar-refractivity contribution in [3.8, 4) is 0 Å². The smallest absolute Gasteiger partial charge is 0.224 e. The van der Waals surface area contributed by atoms with Gasteiger partial charge in [0.05, 0.1) is 5.97 Å². The van der Waals surface area contributed by atoms with Crippen molar-refractivity contribution < 1.29 is 24.6 Å². The fourth-order valence-corrected chi connectivity index (χ4v) is 2.39. The van der Waals surface area contributed by atoms with Crippen LogP contribution in [0.1, 0.15) is 34.7 Å². The maximum atomic E-state index is 12.2. The van der Waals surface area contributed by atoms with E-state index in [1.807, 2.05) is 0 Å². The number of hydrogen-bond acceptors (Lipinski definition) is 5. The summed E-state index contributed by atoms with van der Waals surface area (Å²) in [5.74, 6) is -3.53. The maximum Gasteiger partial charge on any atom is 0.224 e. The largest absolute Gasteiger partial charge is 0.550 e. The summed E-state index contributed by atoms with van der Waals surface area (Å²) in [5.41, 5.74) is 0.976. The summed E-state index contributed by atoms with van der Waals surface area (Å²) in [6.45, 7) is 0. The Morgan fingerprint density at radius 3 is 2.25 bits per heavy atom. The van der Waals surface area contributed by atoms with Gasteiger partial charge in [-0.1, -0.05) is 42.5 Å². The Morgan fingerprint density at radius 1 is 0.917 bits per heavy atom. The second-order valence-electron chi connectivity index (χ2n) is 5.30. The first kappa shape index (κ1) is 17.2. The molecular formula is C18H15NO5-2. The highest BCUT2D eigenvalue weighted by Gasteiger charge is 2.16. The number of anilines is 1. The summed E-state index contributed by atoms with van der Waals surface area (Å²) >= 11 is 0. The van der Waals surface area contributed by atoms with Crippen LogP contribution in [0.15, 0.2) is 54.6 Å². The van der Waals surface area contributed by atoms with Crippen molar-refractivity contribution in [2.24, 2.45) is 0 Å². The van der Waals surface area contributed by atoms with E-state index in [0.29, 0.717) is 5.69 Å². The van der Waals surface area contributed by atoms with E-state index in [1.54, 1.807) is 36.4 Å². The molecule has 1 atom stereocenters. The van der Waals surface area contributed by atoms with Crippen LogP contribution in [0.3, 0.4) is 0 Å². The van der Waals surface area contributed by atoms with Crippen LogP contribution in [0.25, 0.3) is 0 Å². The molecule has 6 heteroatoms. The van der Waals surface area contributed by atoms with E-state index in [9.17, 15) is 24.6 Å². The third-order valence-electron chi connectivity index (χ3n) is 3.50. The van der Waals surface area contributed by atoms with Gasteiger partial charge in [0.15, 0.2) is 0 Å². The summed E-state index contributed by atoms with van der Waals surface area (Å²) in [6, 6.07) is 14.5.